The van der Waals surface area contributed by atoms with Gasteiger partial charge in [-0.25, -0.2) is 0 Å². The van der Waals surface area contributed by atoms with Crippen LogP contribution < -0.4 is 14.8 Å². The van der Waals surface area contributed by atoms with Gasteiger partial charge in [0, 0.05) is 17.0 Å². The first kappa shape index (κ1) is 18.6. The van der Waals surface area contributed by atoms with Crippen LogP contribution in [0.2, 0.25) is 5.02 Å². The minimum atomic E-state index is -0.577. The molecule has 0 fully saturated rings. The number of carbonyl (C=O) groups excluding carboxylic acids is 1. The molecule has 0 saturated carbocycles. The lowest BCUT2D eigenvalue weighted by Gasteiger charge is -2.38. The van der Waals surface area contributed by atoms with E-state index in [-0.39, 0.29) is 17.6 Å². The number of hydrogen-bond acceptors (Lipinski definition) is 3. The smallest absolute Gasteiger partial charge is 0.261 e. The molecule has 1 aliphatic rings. The molecule has 3 rings (SSSR count). The highest BCUT2D eigenvalue weighted by atomic mass is 35.5. The Balaban J connectivity index is 1.75. The van der Waals surface area contributed by atoms with Gasteiger partial charge in [0.25, 0.3) is 5.91 Å². The predicted octanol–water partition coefficient (Wildman–Crippen LogP) is 4.92. The second-order valence-corrected chi connectivity index (χ2v) is 7.57. The fourth-order valence-corrected chi connectivity index (χ4v) is 3.40. The van der Waals surface area contributed by atoms with Crippen molar-refractivity contribution < 1.29 is 14.3 Å². The van der Waals surface area contributed by atoms with Crippen LogP contribution in [0, 0.1) is 0 Å². The Bertz CT molecular complexity index is 790. The molecule has 1 aliphatic heterocycles. The highest BCUT2D eigenvalue weighted by Gasteiger charge is 2.35. The summed E-state index contributed by atoms with van der Waals surface area (Å²) in [4.78, 5) is 12.8. The van der Waals surface area contributed by atoms with Gasteiger partial charge in [0.05, 0.1) is 6.04 Å². The molecular weight excluding hydrogens is 350 g/mol. The molecule has 4 nitrogen and oxygen atoms in total. The van der Waals surface area contributed by atoms with Crippen molar-refractivity contribution in [1.29, 1.82) is 0 Å². The molecular formula is C21H24ClNO3. The summed E-state index contributed by atoms with van der Waals surface area (Å²) in [6.07, 6.45) is 0.683. The molecule has 1 heterocycles. The first-order chi connectivity index (χ1) is 12.4. The molecule has 1 amide bonds. The third-order valence-electron chi connectivity index (χ3n) is 4.43. The molecule has 2 aromatic carbocycles. The Kier molecular flexibility index (Phi) is 5.42. The zero-order valence-electron chi connectivity index (χ0n) is 15.3. The van der Waals surface area contributed by atoms with E-state index in [1.165, 1.54) is 0 Å². The summed E-state index contributed by atoms with van der Waals surface area (Å²) in [5.74, 6) is 1.27. The Morgan fingerprint density at radius 1 is 1.31 bits per heavy atom. The molecule has 1 N–H and O–H groups in total. The fraction of sp³-hybridized carbons (Fsp3) is 0.381. The SMILES string of the molecule is CC[C@@H](Oc1cccc(Cl)c1)C(=O)N[C@@H]1CC(C)(C)Oc2ccccc21. The van der Waals surface area contributed by atoms with Gasteiger partial charge in [0.1, 0.15) is 17.1 Å². The standard InChI is InChI=1S/C21H24ClNO3/c1-4-18(25-15-9-7-8-14(22)12-15)20(24)23-17-13-21(2,3)26-19-11-6-5-10-16(17)19/h5-12,17-18H,4,13H2,1-3H3,(H,23,24)/t17-,18-/m1/s1. The lowest BCUT2D eigenvalue weighted by Crippen LogP contribution is -2.45. The number of ether oxygens (including phenoxy) is 2. The van der Waals surface area contributed by atoms with Crippen molar-refractivity contribution in [3.8, 4) is 11.5 Å². The fourth-order valence-electron chi connectivity index (χ4n) is 3.22. The van der Waals surface area contributed by atoms with E-state index in [2.05, 4.69) is 5.32 Å². The third-order valence-corrected chi connectivity index (χ3v) is 4.67. The highest BCUT2D eigenvalue weighted by Crippen LogP contribution is 2.39. The zero-order chi connectivity index (χ0) is 18.7. The van der Waals surface area contributed by atoms with E-state index in [1.54, 1.807) is 24.3 Å². The Morgan fingerprint density at radius 2 is 2.08 bits per heavy atom. The van der Waals surface area contributed by atoms with Crippen molar-refractivity contribution in [2.75, 3.05) is 0 Å². The average molecular weight is 374 g/mol. The second kappa shape index (κ2) is 7.58. The summed E-state index contributed by atoms with van der Waals surface area (Å²) >= 11 is 6.00. The van der Waals surface area contributed by atoms with Gasteiger partial charge in [-0.3, -0.25) is 4.79 Å². The van der Waals surface area contributed by atoms with Crippen molar-refractivity contribution in [3.05, 3.63) is 59.1 Å². The minimum absolute atomic E-state index is 0.112. The lowest BCUT2D eigenvalue weighted by atomic mass is 9.89. The summed E-state index contributed by atoms with van der Waals surface area (Å²) in [5, 5.41) is 3.72. The van der Waals surface area contributed by atoms with E-state index >= 15 is 0 Å². The van der Waals surface area contributed by atoms with E-state index in [0.29, 0.717) is 23.6 Å². The number of carbonyl (C=O) groups is 1. The monoisotopic (exact) mass is 373 g/mol. The van der Waals surface area contributed by atoms with Crippen LogP contribution in [0.3, 0.4) is 0 Å². The van der Waals surface area contributed by atoms with Gasteiger partial charge in [-0.2, -0.15) is 0 Å². The molecule has 0 bridgehead atoms. The van der Waals surface area contributed by atoms with E-state index in [9.17, 15) is 4.79 Å². The number of amides is 1. The number of nitrogens with one attached hydrogen (secondary N) is 1. The van der Waals surface area contributed by atoms with Crippen LogP contribution in [0.5, 0.6) is 11.5 Å². The highest BCUT2D eigenvalue weighted by molar-refractivity contribution is 6.30. The zero-order valence-corrected chi connectivity index (χ0v) is 16.0. The van der Waals surface area contributed by atoms with Crippen LogP contribution in [0.1, 0.15) is 45.2 Å². The molecule has 0 aliphatic carbocycles. The Morgan fingerprint density at radius 3 is 2.81 bits per heavy atom. The summed E-state index contributed by atoms with van der Waals surface area (Å²) in [6, 6.07) is 14.8. The van der Waals surface area contributed by atoms with E-state index in [1.807, 2.05) is 45.0 Å². The minimum Gasteiger partial charge on any atom is -0.487 e. The quantitative estimate of drug-likeness (QED) is 0.809. The van der Waals surface area contributed by atoms with Crippen LogP contribution in [0.4, 0.5) is 0 Å². The van der Waals surface area contributed by atoms with Gasteiger partial charge < -0.3 is 14.8 Å². The van der Waals surface area contributed by atoms with Gasteiger partial charge in [0.15, 0.2) is 6.10 Å². The van der Waals surface area contributed by atoms with Crippen molar-refractivity contribution in [1.82, 2.24) is 5.32 Å². The molecule has 0 unspecified atom stereocenters. The maximum Gasteiger partial charge on any atom is 0.261 e. The summed E-state index contributed by atoms with van der Waals surface area (Å²) in [6.45, 7) is 5.99. The second-order valence-electron chi connectivity index (χ2n) is 7.14. The third kappa shape index (κ3) is 4.31. The van der Waals surface area contributed by atoms with Crippen LogP contribution >= 0.6 is 11.6 Å². The maximum absolute atomic E-state index is 12.8. The lowest BCUT2D eigenvalue weighted by molar-refractivity contribution is -0.129. The topological polar surface area (TPSA) is 47.6 Å². The molecule has 2 atom stereocenters. The van der Waals surface area contributed by atoms with Crippen molar-refractivity contribution in [2.24, 2.45) is 0 Å². The summed E-state index contributed by atoms with van der Waals surface area (Å²) in [5.41, 5.74) is 0.653. The number of fused-ring (bicyclic) bond motifs is 1. The number of para-hydroxylation sites is 1. The molecule has 138 valence electrons. The normalized spacial score (nSPS) is 19.0. The molecule has 0 aromatic heterocycles. The van der Waals surface area contributed by atoms with Gasteiger partial charge in [-0.05, 0) is 44.5 Å². The molecule has 0 radical (unpaired) electrons. The van der Waals surface area contributed by atoms with Crippen LogP contribution in [-0.4, -0.2) is 17.6 Å². The number of rotatable bonds is 5. The van der Waals surface area contributed by atoms with Crippen molar-refractivity contribution in [2.45, 2.75) is 51.4 Å². The molecule has 5 heteroatoms. The van der Waals surface area contributed by atoms with Gasteiger partial charge in [0.2, 0.25) is 0 Å². The number of halogens is 1. The maximum atomic E-state index is 12.8. The average Bonchev–Trinajstić information content (AvgIpc) is 2.58. The summed E-state index contributed by atoms with van der Waals surface area (Å²) < 4.78 is 11.9. The number of hydrogen-bond donors (Lipinski definition) is 1. The molecule has 0 saturated heterocycles. The van der Waals surface area contributed by atoms with Gasteiger partial charge >= 0.3 is 0 Å². The molecule has 2 aromatic rings. The van der Waals surface area contributed by atoms with E-state index < -0.39 is 6.10 Å². The first-order valence-electron chi connectivity index (χ1n) is 8.88. The van der Waals surface area contributed by atoms with E-state index in [4.69, 9.17) is 21.1 Å². The Hall–Kier alpha value is -2.20. The molecule has 26 heavy (non-hydrogen) atoms. The van der Waals surface area contributed by atoms with Crippen LogP contribution in [0.25, 0.3) is 0 Å². The summed E-state index contributed by atoms with van der Waals surface area (Å²) in [7, 11) is 0. The van der Waals surface area contributed by atoms with E-state index in [0.717, 1.165) is 11.3 Å². The van der Waals surface area contributed by atoms with Gasteiger partial charge in [-0.15, -0.1) is 0 Å². The van der Waals surface area contributed by atoms with Crippen molar-refractivity contribution >= 4 is 17.5 Å². The largest absolute Gasteiger partial charge is 0.487 e. The van der Waals surface area contributed by atoms with Crippen LogP contribution in [0.15, 0.2) is 48.5 Å². The van der Waals surface area contributed by atoms with Crippen LogP contribution in [-0.2, 0) is 4.79 Å². The Labute approximate surface area is 159 Å². The predicted molar refractivity (Wildman–Crippen MR) is 103 cm³/mol. The first-order valence-corrected chi connectivity index (χ1v) is 9.26. The number of benzene rings is 2. The van der Waals surface area contributed by atoms with Crippen molar-refractivity contribution in [3.63, 3.8) is 0 Å². The van der Waals surface area contributed by atoms with Gasteiger partial charge in [-0.1, -0.05) is 42.8 Å². The molecule has 0 spiro atoms.